The molecule has 0 saturated carbocycles. The number of anilines is 2. The van der Waals surface area contributed by atoms with E-state index in [1.165, 1.54) is 18.5 Å². The van der Waals surface area contributed by atoms with E-state index in [4.69, 9.17) is 25.8 Å². The van der Waals surface area contributed by atoms with Gasteiger partial charge in [0.2, 0.25) is 0 Å². The van der Waals surface area contributed by atoms with Crippen molar-refractivity contribution in [3.8, 4) is 11.5 Å². The van der Waals surface area contributed by atoms with Crippen LogP contribution in [0.2, 0.25) is 5.02 Å². The molecule has 9 nitrogen and oxygen atoms in total. The fourth-order valence-corrected chi connectivity index (χ4v) is 3.96. The number of esters is 1. The summed E-state index contributed by atoms with van der Waals surface area (Å²) in [6, 6.07) is 7.83. The third-order valence-corrected chi connectivity index (χ3v) is 5.56. The third kappa shape index (κ3) is 8.68. The first-order valence-corrected chi connectivity index (χ1v) is 12.6. The maximum atomic E-state index is 13.6. The topological polar surface area (TPSA) is 106 Å². The predicted molar refractivity (Wildman–Crippen MR) is 145 cm³/mol. The number of methoxy groups -OCH3 is 1. The molecule has 0 fully saturated rings. The number of nitrogens with zero attached hydrogens (tertiary/aromatic N) is 3. The van der Waals surface area contributed by atoms with Crippen molar-refractivity contribution in [1.82, 2.24) is 14.9 Å². The third-order valence-electron chi connectivity index (χ3n) is 5.27. The zero-order valence-electron chi connectivity index (χ0n) is 22.3. The number of fused-ring (bicyclic) bond motifs is 1. The van der Waals surface area contributed by atoms with Gasteiger partial charge in [-0.2, -0.15) is 0 Å². The summed E-state index contributed by atoms with van der Waals surface area (Å²) < 4.78 is 30.5. The first-order valence-electron chi connectivity index (χ1n) is 12.2. The van der Waals surface area contributed by atoms with Crippen LogP contribution in [-0.4, -0.2) is 71.0 Å². The maximum Gasteiger partial charge on any atom is 0.320 e. The summed E-state index contributed by atoms with van der Waals surface area (Å²) in [5.41, 5.74) is 0.613. The minimum absolute atomic E-state index is 0.00430. The Hall–Kier alpha value is -3.21. The van der Waals surface area contributed by atoms with E-state index in [1.54, 1.807) is 32.2 Å². The van der Waals surface area contributed by atoms with Gasteiger partial charge >= 0.3 is 5.97 Å². The van der Waals surface area contributed by atoms with Crippen LogP contribution in [0.15, 0.2) is 36.7 Å². The largest absolute Gasteiger partial charge is 0.493 e. The number of carbonyl (C=O) groups excluding carboxylic acids is 1. The van der Waals surface area contributed by atoms with Crippen LogP contribution in [-0.2, 0) is 9.53 Å². The zero-order chi connectivity index (χ0) is 27.9. The average molecular weight is 549 g/mol. The van der Waals surface area contributed by atoms with Crippen molar-refractivity contribution >= 4 is 40.0 Å². The van der Waals surface area contributed by atoms with E-state index in [9.17, 15) is 14.3 Å². The van der Waals surface area contributed by atoms with Crippen molar-refractivity contribution in [3.63, 3.8) is 0 Å². The van der Waals surface area contributed by atoms with Gasteiger partial charge in [0.1, 0.15) is 23.6 Å². The van der Waals surface area contributed by atoms with Crippen LogP contribution >= 0.6 is 11.6 Å². The van der Waals surface area contributed by atoms with Gasteiger partial charge in [-0.05, 0) is 58.4 Å². The molecule has 38 heavy (non-hydrogen) atoms. The quantitative estimate of drug-likeness (QED) is 0.240. The summed E-state index contributed by atoms with van der Waals surface area (Å²) >= 11 is 5.91. The van der Waals surface area contributed by atoms with E-state index in [-0.39, 0.29) is 17.5 Å². The standard InChI is InChI=1S/C27H34ClFN4O5/c1-17(34)14-33(15-25(35)38-27(2,3)4)9-6-10-37-24-12-19-22(13-23(24)36-5)30-16-31-26(19)32-18-7-8-21(29)20(28)11-18/h7-8,11-13,16-17,34H,6,9-10,14-15H2,1-5H3,(H,30,31,32)/t17-/m0/s1. The van der Waals surface area contributed by atoms with Crippen LogP contribution in [0.4, 0.5) is 15.9 Å². The van der Waals surface area contributed by atoms with Gasteiger partial charge in [0.15, 0.2) is 11.5 Å². The highest BCUT2D eigenvalue weighted by molar-refractivity contribution is 6.31. The molecule has 1 atom stereocenters. The van der Waals surface area contributed by atoms with Gasteiger partial charge in [-0.25, -0.2) is 14.4 Å². The molecule has 3 aromatic rings. The molecule has 1 heterocycles. The van der Waals surface area contributed by atoms with Gasteiger partial charge in [0.05, 0.1) is 36.9 Å². The van der Waals surface area contributed by atoms with Crippen molar-refractivity contribution in [1.29, 1.82) is 0 Å². The number of benzene rings is 2. The smallest absolute Gasteiger partial charge is 0.320 e. The lowest BCUT2D eigenvalue weighted by molar-refractivity contribution is -0.156. The Labute approximate surface area is 226 Å². The second kappa shape index (κ2) is 13.0. The monoisotopic (exact) mass is 548 g/mol. The lowest BCUT2D eigenvalue weighted by Crippen LogP contribution is -2.39. The van der Waals surface area contributed by atoms with E-state index in [1.807, 2.05) is 25.7 Å². The summed E-state index contributed by atoms with van der Waals surface area (Å²) in [6.07, 6.45) is 1.40. The highest BCUT2D eigenvalue weighted by Gasteiger charge is 2.20. The second-order valence-electron chi connectivity index (χ2n) is 9.87. The van der Waals surface area contributed by atoms with Gasteiger partial charge in [-0.15, -0.1) is 0 Å². The minimum Gasteiger partial charge on any atom is -0.493 e. The number of hydrogen-bond donors (Lipinski definition) is 2. The van der Waals surface area contributed by atoms with Crippen molar-refractivity contribution in [2.24, 2.45) is 0 Å². The van der Waals surface area contributed by atoms with Gasteiger partial charge in [-0.3, -0.25) is 9.69 Å². The van der Waals surface area contributed by atoms with Crippen LogP contribution in [0, 0.1) is 5.82 Å². The lowest BCUT2D eigenvalue weighted by atomic mass is 10.2. The summed E-state index contributed by atoms with van der Waals surface area (Å²) in [6.45, 7) is 8.36. The normalized spacial score (nSPS) is 12.4. The van der Waals surface area contributed by atoms with Gasteiger partial charge in [-0.1, -0.05) is 11.6 Å². The van der Waals surface area contributed by atoms with E-state index in [2.05, 4.69) is 15.3 Å². The number of nitrogens with one attached hydrogen (secondary N) is 1. The Morgan fingerprint density at radius 3 is 2.63 bits per heavy atom. The molecule has 0 unspecified atom stereocenters. The van der Waals surface area contributed by atoms with E-state index in [0.717, 1.165) is 0 Å². The molecule has 0 saturated heterocycles. The van der Waals surface area contributed by atoms with Crippen LogP contribution in [0.3, 0.4) is 0 Å². The molecule has 0 aliphatic heterocycles. The van der Waals surface area contributed by atoms with Gasteiger partial charge < -0.3 is 24.6 Å². The number of carbonyl (C=O) groups is 1. The van der Waals surface area contributed by atoms with Crippen LogP contribution < -0.4 is 14.8 Å². The van der Waals surface area contributed by atoms with Crippen molar-refractivity contribution < 1.29 is 28.5 Å². The molecule has 0 radical (unpaired) electrons. The van der Waals surface area contributed by atoms with E-state index in [0.29, 0.717) is 60.0 Å². The lowest BCUT2D eigenvalue weighted by Gasteiger charge is -2.26. The first kappa shape index (κ1) is 29.3. The maximum absolute atomic E-state index is 13.6. The Morgan fingerprint density at radius 1 is 1.21 bits per heavy atom. The molecule has 2 N–H and O–H groups in total. The van der Waals surface area contributed by atoms with Crippen molar-refractivity contribution in [3.05, 3.63) is 47.5 Å². The molecule has 0 amide bonds. The summed E-state index contributed by atoms with van der Waals surface area (Å²) in [4.78, 5) is 22.8. The van der Waals surface area contributed by atoms with Crippen LogP contribution in [0.5, 0.6) is 11.5 Å². The number of aliphatic hydroxyl groups is 1. The molecule has 3 rings (SSSR count). The average Bonchev–Trinajstić information content (AvgIpc) is 2.82. The van der Waals surface area contributed by atoms with Crippen LogP contribution in [0.1, 0.15) is 34.1 Å². The van der Waals surface area contributed by atoms with Gasteiger partial charge in [0.25, 0.3) is 0 Å². The number of aliphatic hydroxyl groups excluding tert-OH is 1. The number of halogens is 2. The Morgan fingerprint density at radius 2 is 1.97 bits per heavy atom. The Balaban J connectivity index is 1.70. The second-order valence-corrected chi connectivity index (χ2v) is 10.3. The molecule has 0 aliphatic carbocycles. The SMILES string of the molecule is COc1cc2ncnc(Nc3ccc(F)c(Cl)c3)c2cc1OCCCN(CC(=O)OC(C)(C)C)C[C@H](C)O. The zero-order valence-corrected chi connectivity index (χ0v) is 23.0. The minimum atomic E-state index is -0.596. The van der Waals surface area contributed by atoms with E-state index >= 15 is 0 Å². The Bertz CT molecular complexity index is 1250. The molecule has 206 valence electrons. The molecule has 0 bridgehead atoms. The summed E-state index contributed by atoms with van der Waals surface area (Å²) in [5.74, 6) is 0.623. The fraction of sp³-hybridized carbons (Fsp3) is 0.444. The summed E-state index contributed by atoms with van der Waals surface area (Å²) in [5, 5.41) is 13.7. The van der Waals surface area contributed by atoms with Crippen molar-refractivity contribution in [2.75, 3.05) is 38.7 Å². The number of hydrogen-bond acceptors (Lipinski definition) is 9. The van der Waals surface area contributed by atoms with E-state index < -0.39 is 17.5 Å². The number of rotatable bonds is 12. The first-order chi connectivity index (χ1) is 17.9. The van der Waals surface area contributed by atoms with Gasteiger partial charge in [0, 0.05) is 30.2 Å². The molecule has 0 spiro atoms. The molecule has 1 aromatic heterocycles. The fourth-order valence-electron chi connectivity index (χ4n) is 3.78. The highest BCUT2D eigenvalue weighted by atomic mass is 35.5. The highest BCUT2D eigenvalue weighted by Crippen LogP contribution is 2.35. The number of ether oxygens (including phenoxy) is 3. The molecule has 2 aromatic carbocycles. The molecular formula is C27H34ClFN4O5. The summed E-state index contributed by atoms with van der Waals surface area (Å²) in [7, 11) is 1.54. The number of aromatic nitrogens is 2. The predicted octanol–water partition coefficient (Wildman–Crippen LogP) is 4.97. The van der Waals surface area contributed by atoms with Crippen molar-refractivity contribution in [2.45, 2.75) is 45.8 Å². The molecule has 0 aliphatic rings. The van der Waals surface area contributed by atoms with Crippen LogP contribution in [0.25, 0.3) is 10.9 Å². The molecular weight excluding hydrogens is 515 g/mol. The molecule has 11 heteroatoms. The Kier molecular flexibility index (Phi) is 10.1.